The van der Waals surface area contributed by atoms with Crippen LogP contribution >= 0.6 is 0 Å². The lowest BCUT2D eigenvalue weighted by atomic mass is 9.97. The Morgan fingerprint density at radius 2 is 2.21 bits per heavy atom. The summed E-state index contributed by atoms with van der Waals surface area (Å²) in [5.74, 6) is 0.687. The van der Waals surface area contributed by atoms with E-state index in [1.54, 1.807) is 7.11 Å². The normalized spacial score (nSPS) is 14.6. The minimum absolute atomic E-state index is 0.0215. The molecule has 3 heteroatoms. The number of amides is 1. The summed E-state index contributed by atoms with van der Waals surface area (Å²) in [4.78, 5) is 11.6. The van der Waals surface area contributed by atoms with E-state index in [1.807, 2.05) is 19.1 Å². The molecule has 0 radical (unpaired) electrons. The molecule has 3 nitrogen and oxygen atoms in total. The SMILES string of the molecule is COc1c(C)ccc2c1C(=O)NCC2. The molecule has 0 saturated heterocycles. The number of ether oxygens (including phenoxy) is 1. The quantitative estimate of drug-likeness (QED) is 0.726. The molecule has 1 N–H and O–H groups in total. The third-order valence-electron chi connectivity index (χ3n) is 2.55. The maximum absolute atomic E-state index is 11.6. The van der Waals surface area contributed by atoms with E-state index in [1.165, 1.54) is 0 Å². The number of carbonyl (C=O) groups is 1. The minimum atomic E-state index is -0.0215. The monoisotopic (exact) mass is 191 g/mol. The Bertz CT molecular complexity index is 385. The highest BCUT2D eigenvalue weighted by atomic mass is 16.5. The molecule has 0 aromatic heterocycles. The second kappa shape index (κ2) is 3.33. The van der Waals surface area contributed by atoms with Crippen molar-refractivity contribution >= 4 is 5.91 Å². The smallest absolute Gasteiger partial charge is 0.255 e. The number of fused-ring (bicyclic) bond motifs is 1. The minimum Gasteiger partial charge on any atom is -0.496 e. The van der Waals surface area contributed by atoms with E-state index < -0.39 is 0 Å². The van der Waals surface area contributed by atoms with Crippen molar-refractivity contribution in [2.24, 2.45) is 0 Å². The zero-order valence-electron chi connectivity index (χ0n) is 8.39. The topological polar surface area (TPSA) is 38.3 Å². The van der Waals surface area contributed by atoms with Gasteiger partial charge >= 0.3 is 0 Å². The van der Waals surface area contributed by atoms with E-state index in [4.69, 9.17) is 4.74 Å². The van der Waals surface area contributed by atoms with Gasteiger partial charge in [-0.3, -0.25) is 4.79 Å². The van der Waals surface area contributed by atoms with E-state index in [0.29, 0.717) is 11.3 Å². The van der Waals surface area contributed by atoms with Crippen molar-refractivity contribution in [3.05, 3.63) is 28.8 Å². The number of carbonyl (C=O) groups excluding carboxylic acids is 1. The van der Waals surface area contributed by atoms with Crippen LogP contribution in [0.5, 0.6) is 5.75 Å². The van der Waals surface area contributed by atoms with Gasteiger partial charge in [-0.1, -0.05) is 12.1 Å². The first kappa shape index (κ1) is 9.06. The first-order valence-electron chi connectivity index (χ1n) is 4.68. The molecule has 1 aromatic rings. The number of hydrogen-bond acceptors (Lipinski definition) is 2. The Hall–Kier alpha value is -1.51. The Balaban J connectivity index is 2.63. The van der Waals surface area contributed by atoms with Crippen LogP contribution in [0.25, 0.3) is 0 Å². The third kappa shape index (κ3) is 1.25. The van der Waals surface area contributed by atoms with E-state index in [-0.39, 0.29) is 5.91 Å². The highest BCUT2D eigenvalue weighted by Gasteiger charge is 2.21. The zero-order chi connectivity index (χ0) is 10.1. The lowest BCUT2D eigenvalue weighted by Gasteiger charge is -2.20. The summed E-state index contributed by atoms with van der Waals surface area (Å²) < 4.78 is 5.25. The predicted octanol–water partition coefficient (Wildman–Crippen LogP) is 1.29. The third-order valence-corrected chi connectivity index (χ3v) is 2.55. The van der Waals surface area contributed by atoms with Crippen LogP contribution < -0.4 is 10.1 Å². The maximum atomic E-state index is 11.6. The van der Waals surface area contributed by atoms with Crippen molar-refractivity contribution < 1.29 is 9.53 Å². The first-order valence-corrected chi connectivity index (χ1v) is 4.68. The molecule has 0 bridgehead atoms. The van der Waals surface area contributed by atoms with Gasteiger partial charge in [-0.25, -0.2) is 0 Å². The number of rotatable bonds is 1. The summed E-state index contributed by atoms with van der Waals surface area (Å²) in [6, 6.07) is 4.00. The van der Waals surface area contributed by atoms with E-state index in [0.717, 1.165) is 24.1 Å². The fourth-order valence-corrected chi connectivity index (χ4v) is 1.85. The van der Waals surface area contributed by atoms with Gasteiger partial charge in [0.05, 0.1) is 12.7 Å². The number of benzene rings is 1. The van der Waals surface area contributed by atoms with Crippen LogP contribution in [0.1, 0.15) is 21.5 Å². The van der Waals surface area contributed by atoms with Crippen molar-refractivity contribution in [2.45, 2.75) is 13.3 Å². The van der Waals surface area contributed by atoms with Gasteiger partial charge in [-0.2, -0.15) is 0 Å². The molecule has 14 heavy (non-hydrogen) atoms. The van der Waals surface area contributed by atoms with Crippen molar-refractivity contribution in [3.63, 3.8) is 0 Å². The zero-order valence-corrected chi connectivity index (χ0v) is 8.39. The molecule has 0 spiro atoms. The van der Waals surface area contributed by atoms with Crippen LogP contribution in [0.3, 0.4) is 0 Å². The summed E-state index contributed by atoms with van der Waals surface area (Å²) in [6.07, 6.45) is 0.887. The molecule has 0 aliphatic carbocycles. The predicted molar refractivity (Wildman–Crippen MR) is 53.8 cm³/mol. The molecule has 74 valence electrons. The molecular weight excluding hydrogens is 178 g/mol. The molecule has 0 fully saturated rings. The van der Waals surface area contributed by atoms with E-state index >= 15 is 0 Å². The molecular formula is C11H13NO2. The average Bonchev–Trinajstić information content (AvgIpc) is 2.19. The van der Waals surface area contributed by atoms with Crippen molar-refractivity contribution in [1.29, 1.82) is 0 Å². The Morgan fingerprint density at radius 3 is 2.93 bits per heavy atom. The van der Waals surface area contributed by atoms with Gasteiger partial charge in [0.15, 0.2) is 0 Å². The fourth-order valence-electron chi connectivity index (χ4n) is 1.85. The summed E-state index contributed by atoms with van der Waals surface area (Å²) in [7, 11) is 1.60. The van der Waals surface area contributed by atoms with Crippen LogP contribution in [0.2, 0.25) is 0 Å². The van der Waals surface area contributed by atoms with Crippen LogP contribution in [-0.4, -0.2) is 19.6 Å². The molecule has 1 heterocycles. The molecule has 1 aliphatic heterocycles. The van der Waals surface area contributed by atoms with Gasteiger partial charge in [-0.15, -0.1) is 0 Å². The summed E-state index contributed by atoms with van der Waals surface area (Å²) >= 11 is 0. The van der Waals surface area contributed by atoms with Gasteiger partial charge in [0, 0.05) is 6.54 Å². The lowest BCUT2D eigenvalue weighted by molar-refractivity contribution is 0.0942. The van der Waals surface area contributed by atoms with Gasteiger partial charge in [0.1, 0.15) is 5.75 Å². The Kier molecular flexibility index (Phi) is 2.15. The van der Waals surface area contributed by atoms with E-state index in [2.05, 4.69) is 5.32 Å². The van der Waals surface area contributed by atoms with Crippen molar-refractivity contribution in [3.8, 4) is 5.75 Å². The van der Waals surface area contributed by atoms with Crippen LogP contribution in [-0.2, 0) is 6.42 Å². The Morgan fingerprint density at radius 1 is 1.43 bits per heavy atom. The summed E-state index contributed by atoms with van der Waals surface area (Å²) in [5.41, 5.74) is 2.79. The van der Waals surface area contributed by atoms with Gasteiger partial charge in [-0.05, 0) is 24.5 Å². The summed E-state index contributed by atoms with van der Waals surface area (Å²) in [5, 5.41) is 2.82. The number of aryl methyl sites for hydroxylation is 1. The molecule has 1 amide bonds. The van der Waals surface area contributed by atoms with Crippen molar-refractivity contribution in [1.82, 2.24) is 5.32 Å². The second-order valence-corrected chi connectivity index (χ2v) is 3.46. The van der Waals surface area contributed by atoms with Crippen LogP contribution in [0.15, 0.2) is 12.1 Å². The average molecular weight is 191 g/mol. The van der Waals surface area contributed by atoms with E-state index in [9.17, 15) is 4.79 Å². The molecule has 2 rings (SSSR count). The molecule has 0 saturated carbocycles. The second-order valence-electron chi connectivity index (χ2n) is 3.46. The number of hydrogen-bond donors (Lipinski definition) is 1. The molecule has 0 atom stereocenters. The van der Waals surface area contributed by atoms with Gasteiger partial charge < -0.3 is 10.1 Å². The highest BCUT2D eigenvalue weighted by Crippen LogP contribution is 2.28. The molecule has 1 aliphatic rings. The van der Waals surface area contributed by atoms with Crippen LogP contribution in [0.4, 0.5) is 0 Å². The fraction of sp³-hybridized carbons (Fsp3) is 0.364. The number of nitrogens with one attached hydrogen (secondary N) is 1. The largest absolute Gasteiger partial charge is 0.496 e. The molecule has 1 aromatic carbocycles. The first-order chi connectivity index (χ1) is 6.74. The molecule has 0 unspecified atom stereocenters. The lowest BCUT2D eigenvalue weighted by Crippen LogP contribution is -2.32. The highest BCUT2D eigenvalue weighted by molar-refractivity contribution is 5.99. The van der Waals surface area contributed by atoms with Gasteiger partial charge in [0.2, 0.25) is 0 Å². The van der Waals surface area contributed by atoms with Crippen LogP contribution in [0, 0.1) is 6.92 Å². The Labute approximate surface area is 83.1 Å². The maximum Gasteiger partial charge on any atom is 0.255 e. The standard InChI is InChI=1S/C11H13NO2/c1-7-3-4-8-5-6-12-11(13)9(8)10(7)14-2/h3-4H,5-6H2,1-2H3,(H,12,13). The number of methoxy groups -OCH3 is 1. The van der Waals surface area contributed by atoms with Crippen molar-refractivity contribution in [2.75, 3.05) is 13.7 Å². The van der Waals surface area contributed by atoms with Gasteiger partial charge in [0.25, 0.3) is 5.91 Å². The summed E-state index contributed by atoms with van der Waals surface area (Å²) in [6.45, 7) is 2.67.